The van der Waals surface area contributed by atoms with Crippen LogP contribution in [-0.4, -0.2) is 18.8 Å². The lowest BCUT2D eigenvalue weighted by atomic mass is 10.3. The lowest BCUT2D eigenvalue weighted by Gasteiger charge is -2.04. The van der Waals surface area contributed by atoms with Crippen LogP contribution in [0.5, 0.6) is 5.75 Å². The Hall–Kier alpha value is -1.84. The van der Waals surface area contributed by atoms with E-state index < -0.39 is 0 Å². The van der Waals surface area contributed by atoms with Gasteiger partial charge < -0.3 is 10.1 Å². The van der Waals surface area contributed by atoms with Crippen molar-refractivity contribution in [1.29, 1.82) is 0 Å². The van der Waals surface area contributed by atoms with Crippen molar-refractivity contribution in [1.82, 2.24) is 0 Å². The van der Waals surface area contributed by atoms with Crippen LogP contribution < -0.4 is 10.1 Å². The third kappa shape index (κ3) is 3.26. The van der Waals surface area contributed by atoms with Crippen molar-refractivity contribution < 1.29 is 14.3 Å². The molecule has 0 aliphatic heterocycles. The predicted octanol–water partition coefficient (Wildman–Crippen LogP) is 1.22. The van der Waals surface area contributed by atoms with Crippen molar-refractivity contribution in [2.24, 2.45) is 0 Å². The minimum atomic E-state index is -0.119. The van der Waals surface area contributed by atoms with Gasteiger partial charge in [0, 0.05) is 12.6 Å². The van der Waals surface area contributed by atoms with Gasteiger partial charge in [0.15, 0.2) is 6.29 Å². The highest BCUT2D eigenvalue weighted by Gasteiger charge is 1.96. The number of hydrogen-bond acceptors (Lipinski definition) is 3. The highest BCUT2D eigenvalue weighted by molar-refractivity contribution is 5.88. The van der Waals surface area contributed by atoms with E-state index in [0.29, 0.717) is 17.7 Å². The first kappa shape index (κ1) is 10.2. The van der Waals surface area contributed by atoms with E-state index in [1.54, 1.807) is 24.3 Å². The van der Waals surface area contributed by atoms with E-state index in [1.807, 2.05) is 0 Å². The van der Waals surface area contributed by atoms with Crippen LogP contribution in [0, 0.1) is 0 Å². The van der Waals surface area contributed by atoms with Crippen molar-refractivity contribution in [3.05, 3.63) is 24.3 Å². The second-order valence-corrected chi connectivity index (χ2v) is 2.68. The summed E-state index contributed by atoms with van der Waals surface area (Å²) in [6.45, 7) is 1.48. The van der Waals surface area contributed by atoms with Gasteiger partial charge in [0.05, 0.1) is 0 Å². The highest BCUT2D eigenvalue weighted by atomic mass is 16.5. The van der Waals surface area contributed by atoms with E-state index in [2.05, 4.69) is 5.32 Å². The summed E-state index contributed by atoms with van der Waals surface area (Å²) in [6.07, 6.45) is 0.682. The van der Waals surface area contributed by atoms with Gasteiger partial charge in [0.2, 0.25) is 5.91 Å². The molecule has 0 bridgehead atoms. The molecule has 0 unspecified atom stereocenters. The monoisotopic (exact) mass is 193 g/mol. The van der Waals surface area contributed by atoms with Crippen molar-refractivity contribution >= 4 is 17.9 Å². The number of carbonyl (C=O) groups excluding carboxylic acids is 2. The second kappa shape index (κ2) is 5.01. The molecule has 0 heterocycles. The molecule has 74 valence electrons. The highest BCUT2D eigenvalue weighted by Crippen LogP contribution is 2.15. The Balaban J connectivity index is 2.58. The average Bonchev–Trinajstić information content (AvgIpc) is 2.16. The van der Waals surface area contributed by atoms with E-state index >= 15 is 0 Å². The van der Waals surface area contributed by atoms with Gasteiger partial charge in [-0.25, -0.2) is 0 Å². The van der Waals surface area contributed by atoms with Gasteiger partial charge in [-0.3, -0.25) is 9.59 Å². The number of nitrogens with one attached hydrogen (secondary N) is 1. The molecule has 0 fully saturated rings. The Bertz CT molecular complexity index is 319. The van der Waals surface area contributed by atoms with E-state index in [0.717, 1.165) is 0 Å². The molecule has 14 heavy (non-hydrogen) atoms. The van der Waals surface area contributed by atoms with Gasteiger partial charge in [0.1, 0.15) is 12.4 Å². The first-order chi connectivity index (χ1) is 6.72. The standard InChI is InChI=1S/C10H11NO3/c1-8(13)11-9-2-4-10(5-3-9)14-7-6-12/h2-6H,7H2,1H3,(H,11,13). The van der Waals surface area contributed by atoms with Gasteiger partial charge in [-0.2, -0.15) is 0 Å². The number of benzene rings is 1. The van der Waals surface area contributed by atoms with Gasteiger partial charge in [0.25, 0.3) is 0 Å². The third-order valence-electron chi connectivity index (χ3n) is 1.49. The van der Waals surface area contributed by atoms with Crippen molar-refractivity contribution in [2.45, 2.75) is 6.92 Å². The Morgan fingerprint density at radius 1 is 1.43 bits per heavy atom. The molecule has 1 N–H and O–H groups in total. The molecule has 0 aliphatic carbocycles. The molecule has 1 amide bonds. The summed E-state index contributed by atoms with van der Waals surface area (Å²) >= 11 is 0. The summed E-state index contributed by atoms with van der Waals surface area (Å²) in [5.74, 6) is 0.484. The summed E-state index contributed by atoms with van der Waals surface area (Å²) in [6, 6.07) is 6.80. The maximum Gasteiger partial charge on any atom is 0.221 e. The van der Waals surface area contributed by atoms with Crippen molar-refractivity contribution in [3.8, 4) is 5.75 Å². The quantitative estimate of drug-likeness (QED) is 0.731. The van der Waals surface area contributed by atoms with E-state index in [1.165, 1.54) is 6.92 Å². The molecule has 0 aromatic heterocycles. The molecule has 4 nitrogen and oxygen atoms in total. The summed E-state index contributed by atoms with van der Waals surface area (Å²) in [5.41, 5.74) is 0.705. The maximum atomic E-state index is 10.7. The number of aldehydes is 1. The molecule has 1 aromatic rings. The second-order valence-electron chi connectivity index (χ2n) is 2.68. The van der Waals surface area contributed by atoms with Gasteiger partial charge in [-0.05, 0) is 24.3 Å². The number of rotatable bonds is 4. The number of ether oxygens (including phenoxy) is 1. The van der Waals surface area contributed by atoms with E-state index in [4.69, 9.17) is 4.74 Å². The fourth-order valence-electron chi connectivity index (χ4n) is 0.968. The molecule has 4 heteroatoms. The summed E-state index contributed by atoms with van der Waals surface area (Å²) < 4.78 is 5.03. The number of amides is 1. The maximum absolute atomic E-state index is 10.7. The average molecular weight is 193 g/mol. The lowest BCUT2D eigenvalue weighted by Crippen LogP contribution is -2.05. The SMILES string of the molecule is CC(=O)Nc1ccc(OCC=O)cc1. The van der Waals surface area contributed by atoms with Crippen molar-refractivity contribution in [2.75, 3.05) is 11.9 Å². The van der Waals surface area contributed by atoms with Gasteiger partial charge >= 0.3 is 0 Å². The Morgan fingerprint density at radius 2 is 2.07 bits per heavy atom. The molecule has 0 atom stereocenters. The number of anilines is 1. The number of carbonyl (C=O) groups is 2. The van der Waals surface area contributed by atoms with Gasteiger partial charge in [-0.15, -0.1) is 0 Å². The topological polar surface area (TPSA) is 55.4 Å². The minimum absolute atomic E-state index is 0.0412. The van der Waals surface area contributed by atoms with Crippen molar-refractivity contribution in [3.63, 3.8) is 0 Å². The Morgan fingerprint density at radius 3 is 2.57 bits per heavy atom. The largest absolute Gasteiger partial charge is 0.486 e. The fourth-order valence-corrected chi connectivity index (χ4v) is 0.968. The molecule has 0 radical (unpaired) electrons. The zero-order valence-electron chi connectivity index (χ0n) is 7.82. The number of hydrogen-bond donors (Lipinski definition) is 1. The lowest BCUT2D eigenvalue weighted by molar-refractivity contribution is -0.114. The van der Waals surface area contributed by atoms with Crippen LogP contribution in [-0.2, 0) is 9.59 Å². The summed E-state index contributed by atoms with van der Waals surface area (Å²) in [5, 5.41) is 2.62. The van der Waals surface area contributed by atoms with Crippen LogP contribution in [0.1, 0.15) is 6.92 Å². The molecule has 0 aliphatic rings. The Kier molecular flexibility index (Phi) is 3.67. The van der Waals surface area contributed by atoms with Gasteiger partial charge in [-0.1, -0.05) is 0 Å². The molecular formula is C10H11NO3. The normalized spacial score (nSPS) is 9.21. The summed E-state index contributed by atoms with van der Waals surface area (Å²) in [7, 11) is 0. The van der Waals surface area contributed by atoms with Crippen LogP contribution in [0.2, 0.25) is 0 Å². The van der Waals surface area contributed by atoms with E-state index in [9.17, 15) is 9.59 Å². The summed E-state index contributed by atoms with van der Waals surface area (Å²) in [4.78, 5) is 20.7. The molecule has 0 saturated heterocycles. The smallest absolute Gasteiger partial charge is 0.221 e. The molecule has 1 aromatic carbocycles. The predicted molar refractivity (Wildman–Crippen MR) is 52.3 cm³/mol. The zero-order chi connectivity index (χ0) is 10.4. The molecule has 0 saturated carbocycles. The van der Waals surface area contributed by atoms with Crippen LogP contribution in [0.4, 0.5) is 5.69 Å². The first-order valence-electron chi connectivity index (χ1n) is 4.16. The van der Waals surface area contributed by atoms with Crippen LogP contribution in [0.15, 0.2) is 24.3 Å². The molecule has 0 spiro atoms. The molecule has 1 rings (SSSR count). The van der Waals surface area contributed by atoms with Crippen LogP contribution in [0.25, 0.3) is 0 Å². The van der Waals surface area contributed by atoms with Crippen LogP contribution >= 0.6 is 0 Å². The van der Waals surface area contributed by atoms with Crippen LogP contribution in [0.3, 0.4) is 0 Å². The van der Waals surface area contributed by atoms with E-state index in [-0.39, 0.29) is 12.5 Å². The zero-order valence-corrected chi connectivity index (χ0v) is 7.82. The molecular weight excluding hydrogens is 182 g/mol. The fraction of sp³-hybridized carbons (Fsp3) is 0.200. The minimum Gasteiger partial charge on any atom is -0.486 e. The third-order valence-corrected chi connectivity index (χ3v) is 1.49. The Labute approximate surface area is 81.9 Å². The first-order valence-corrected chi connectivity index (χ1v) is 4.16.